The van der Waals surface area contributed by atoms with E-state index in [2.05, 4.69) is 40.6 Å². The summed E-state index contributed by atoms with van der Waals surface area (Å²) < 4.78 is 7.19. The van der Waals surface area contributed by atoms with Crippen LogP contribution in [0.3, 0.4) is 0 Å². The number of nitrogens with zero attached hydrogens (tertiary/aromatic N) is 2. The molecule has 2 heterocycles. The molecule has 0 bridgehead atoms. The predicted molar refractivity (Wildman–Crippen MR) is 108 cm³/mol. The van der Waals surface area contributed by atoms with Crippen LogP contribution in [0, 0.1) is 0 Å². The number of rotatable bonds is 6. The van der Waals surface area contributed by atoms with Crippen molar-refractivity contribution in [2.24, 2.45) is 5.73 Å². The summed E-state index contributed by atoms with van der Waals surface area (Å²) in [6.45, 7) is 1.11. The molecule has 28 heavy (non-hydrogen) atoms. The maximum absolute atomic E-state index is 11.6. The smallest absolute Gasteiger partial charge is 0.296 e. The summed E-state index contributed by atoms with van der Waals surface area (Å²) in [7, 11) is 1.61. The Morgan fingerprint density at radius 2 is 2.07 bits per heavy atom. The number of methoxy groups -OCH3 is 1. The van der Waals surface area contributed by atoms with Gasteiger partial charge in [-0.05, 0) is 33.9 Å². The minimum atomic E-state index is -0.378. The van der Waals surface area contributed by atoms with Gasteiger partial charge in [-0.2, -0.15) is 0 Å². The summed E-state index contributed by atoms with van der Waals surface area (Å²) in [5.41, 5.74) is 12.0. The lowest BCUT2D eigenvalue weighted by atomic mass is 9.91. The quantitative estimate of drug-likeness (QED) is 0.649. The van der Waals surface area contributed by atoms with Crippen molar-refractivity contribution in [2.75, 3.05) is 7.11 Å². The average molecular weight is 374 g/mol. The standard InChI is InChI=1S/C22H22N4O2/c1-28-22-24-9-10-26(22)13-15-5-7-16(8-6-15)20-11-19-17(12-23)3-2-4-18(19)21(14-27)25-20/h2-11,14,21,25H,12-13,23H2,1H3. The number of carbonyl (C=O) groups is 1. The topological polar surface area (TPSA) is 82.2 Å². The molecule has 0 amide bonds. The van der Waals surface area contributed by atoms with Crippen LogP contribution in [-0.2, 0) is 17.9 Å². The summed E-state index contributed by atoms with van der Waals surface area (Å²) in [4.78, 5) is 15.8. The molecule has 4 rings (SSSR count). The number of nitrogens with two attached hydrogens (primary N) is 1. The maximum atomic E-state index is 11.6. The van der Waals surface area contributed by atoms with Gasteiger partial charge in [0.1, 0.15) is 12.3 Å². The normalized spacial score (nSPS) is 15.4. The minimum absolute atomic E-state index is 0.378. The number of ether oxygens (including phenoxy) is 1. The third-order valence-electron chi connectivity index (χ3n) is 5.00. The van der Waals surface area contributed by atoms with Gasteiger partial charge in [0.2, 0.25) is 0 Å². The van der Waals surface area contributed by atoms with Crippen molar-refractivity contribution in [1.29, 1.82) is 0 Å². The number of imidazole rings is 1. The van der Waals surface area contributed by atoms with Gasteiger partial charge in [0.05, 0.1) is 13.7 Å². The van der Waals surface area contributed by atoms with E-state index in [1.165, 1.54) is 0 Å². The zero-order valence-corrected chi connectivity index (χ0v) is 15.6. The highest BCUT2D eigenvalue weighted by Gasteiger charge is 2.22. The van der Waals surface area contributed by atoms with Gasteiger partial charge >= 0.3 is 0 Å². The number of aldehydes is 1. The molecule has 3 N–H and O–H groups in total. The fraction of sp³-hybridized carbons (Fsp3) is 0.182. The van der Waals surface area contributed by atoms with Gasteiger partial charge in [0.25, 0.3) is 6.01 Å². The molecule has 0 spiro atoms. The highest BCUT2D eigenvalue weighted by Crippen LogP contribution is 2.31. The molecule has 142 valence electrons. The molecule has 1 unspecified atom stereocenters. The van der Waals surface area contributed by atoms with Crippen LogP contribution < -0.4 is 15.8 Å². The van der Waals surface area contributed by atoms with Crippen LogP contribution in [0.1, 0.15) is 33.9 Å². The zero-order chi connectivity index (χ0) is 19.5. The second-order valence-electron chi connectivity index (χ2n) is 6.68. The van der Waals surface area contributed by atoms with Crippen LogP contribution in [0.4, 0.5) is 0 Å². The Balaban J connectivity index is 1.63. The van der Waals surface area contributed by atoms with E-state index in [-0.39, 0.29) is 6.04 Å². The third kappa shape index (κ3) is 3.30. The Kier molecular flexibility index (Phi) is 4.95. The number of benzene rings is 2. The molecule has 0 fully saturated rings. The largest absolute Gasteiger partial charge is 0.468 e. The Bertz CT molecular complexity index is 1020. The summed E-state index contributed by atoms with van der Waals surface area (Å²) in [6, 6.07) is 14.4. The molecular weight excluding hydrogens is 352 g/mol. The highest BCUT2D eigenvalue weighted by atomic mass is 16.5. The minimum Gasteiger partial charge on any atom is -0.468 e. The second-order valence-corrected chi connectivity index (χ2v) is 6.68. The van der Waals surface area contributed by atoms with Crippen LogP contribution in [0.25, 0.3) is 11.8 Å². The van der Waals surface area contributed by atoms with E-state index in [0.717, 1.165) is 39.8 Å². The number of nitrogens with one attached hydrogen (secondary N) is 1. The first-order valence-corrected chi connectivity index (χ1v) is 9.13. The van der Waals surface area contributed by atoms with E-state index in [9.17, 15) is 4.79 Å². The lowest BCUT2D eigenvalue weighted by molar-refractivity contribution is -0.109. The van der Waals surface area contributed by atoms with Crippen LogP contribution in [0.2, 0.25) is 0 Å². The van der Waals surface area contributed by atoms with Crippen LogP contribution in [0.15, 0.2) is 54.9 Å². The lowest BCUT2D eigenvalue weighted by Crippen LogP contribution is -2.26. The van der Waals surface area contributed by atoms with E-state index in [1.54, 1.807) is 13.3 Å². The van der Waals surface area contributed by atoms with Gasteiger partial charge in [-0.3, -0.25) is 4.57 Å². The summed E-state index contributed by atoms with van der Waals surface area (Å²) in [6.07, 6.45) is 6.62. The molecule has 0 aliphatic carbocycles. The van der Waals surface area contributed by atoms with Crippen LogP contribution >= 0.6 is 0 Å². The van der Waals surface area contributed by atoms with Crippen molar-refractivity contribution in [3.8, 4) is 6.01 Å². The Morgan fingerprint density at radius 1 is 1.25 bits per heavy atom. The predicted octanol–water partition coefficient (Wildman–Crippen LogP) is 2.74. The van der Waals surface area contributed by atoms with Crippen molar-refractivity contribution < 1.29 is 9.53 Å². The maximum Gasteiger partial charge on any atom is 0.296 e. The third-order valence-corrected chi connectivity index (χ3v) is 5.00. The van der Waals surface area contributed by atoms with Gasteiger partial charge in [0.15, 0.2) is 0 Å². The number of aromatic nitrogens is 2. The Hall–Kier alpha value is -3.38. The van der Waals surface area contributed by atoms with E-state index in [0.29, 0.717) is 19.1 Å². The highest BCUT2D eigenvalue weighted by molar-refractivity contribution is 5.88. The van der Waals surface area contributed by atoms with Gasteiger partial charge < -0.3 is 20.6 Å². The fourth-order valence-electron chi connectivity index (χ4n) is 3.56. The molecule has 1 aromatic heterocycles. The summed E-state index contributed by atoms with van der Waals surface area (Å²) >= 11 is 0. The van der Waals surface area contributed by atoms with Gasteiger partial charge in [-0.15, -0.1) is 0 Å². The second kappa shape index (κ2) is 7.70. The number of carbonyl (C=O) groups excluding carboxylic acids is 1. The number of fused-ring (bicyclic) bond motifs is 1. The summed E-state index contributed by atoms with van der Waals surface area (Å²) in [5.74, 6) is 0. The van der Waals surface area contributed by atoms with Gasteiger partial charge in [-0.1, -0.05) is 42.5 Å². The van der Waals surface area contributed by atoms with E-state index in [4.69, 9.17) is 10.5 Å². The van der Waals surface area contributed by atoms with Crippen molar-refractivity contribution in [1.82, 2.24) is 14.9 Å². The van der Waals surface area contributed by atoms with Crippen molar-refractivity contribution in [3.63, 3.8) is 0 Å². The molecular formula is C22H22N4O2. The monoisotopic (exact) mass is 374 g/mol. The van der Waals surface area contributed by atoms with E-state index >= 15 is 0 Å². The van der Waals surface area contributed by atoms with Crippen molar-refractivity contribution >= 4 is 18.1 Å². The number of hydrogen-bond donors (Lipinski definition) is 2. The molecule has 0 saturated carbocycles. The van der Waals surface area contributed by atoms with Crippen LogP contribution in [0.5, 0.6) is 6.01 Å². The van der Waals surface area contributed by atoms with E-state index < -0.39 is 0 Å². The molecule has 1 aliphatic rings. The Morgan fingerprint density at radius 3 is 2.79 bits per heavy atom. The lowest BCUT2D eigenvalue weighted by Gasteiger charge is -2.26. The first kappa shape index (κ1) is 18.0. The SMILES string of the molecule is COc1nccn1Cc1ccc(C2=Cc3c(CN)cccc3C(C=O)N2)cc1. The zero-order valence-electron chi connectivity index (χ0n) is 15.6. The molecule has 0 saturated heterocycles. The Labute approximate surface area is 163 Å². The van der Waals surface area contributed by atoms with Gasteiger partial charge in [0, 0.05) is 24.6 Å². The van der Waals surface area contributed by atoms with Gasteiger partial charge in [-0.25, -0.2) is 4.98 Å². The number of hydrogen-bond acceptors (Lipinski definition) is 5. The molecule has 3 aromatic rings. The first-order chi connectivity index (χ1) is 13.7. The summed E-state index contributed by atoms with van der Waals surface area (Å²) in [5, 5.41) is 3.33. The average Bonchev–Trinajstić information content (AvgIpc) is 3.20. The molecule has 1 aliphatic heterocycles. The fourth-order valence-corrected chi connectivity index (χ4v) is 3.56. The van der Waals surface area contributed by atoms with Crippen molar-refractivity contribution in [3.05, 3.63) is 82.7 Å². The molecule has 2 aromatic carbocycles. The van der Waals surface area contributed by atoms with Crippen LogP contribution in [-0.4, -0.2) is 22.9 Å². The molecule has 0 radical (unpaired) electrons. The molecule has 1 atom stereocenters. The van der Waals surface area contributed by atoms with E-state index in [1.807, 2.05) is 29.0 Å². The first-order valence-electron chi connectivity index (χ1n) is 9.13. The molecule has 6 nitrogen and oxygen atoms in total. The van der Waals surface area contributed by atoms with Crippen molar-refractivity contribution in [2.45, 2.75) is 19.1 Å². The molecule has 6 heteroatoms.